The zero-order valence-electron chi connectivity index (χ0n) is 11.9. The highest BCUT2D eigenvalue weighted by Crippen LogP contribution is 2.44. The predicted molar refractivity (Wildman–Crippen MR) is 73.5 cm³/mol. The average Bonchev–Trinajstić information content (AvgIpc) is 2.28. The first-order valence-electron chi connectivity index (χ1n) is 6.30. The Balaban J connectivity index is 2.74. The number of aryl methyl sites for hydroxylation is 2. The lowest BCUT2D eigenvalue weighted by Gasteiger charge is -2.41. The number of rotatable bonds is 1. The largest absolute Gasteiger partial charge is 0.481 e. The molecular weight excluding hydrogens is 242 g/mol. The zero-order valence-corrected chi connectivity index (χ0v) is 11.9. The Labute approximate surface area is 113 Å². The highest BCUT2D eigenvalue weighted by atomic mass is 16.4. The molecule has 0 bridgehead atoms. The van der Waals surface area contributed by atoms with Crippen LogP contribution in [0, 0.1) is 19.8 Å². The van der Waals surface area contributed by atoms with Gasteiger partial charge in [-0.15, -0.1) is 0 Å². The molecule has 1 unspecified atom stereocenters. The van der Waals surface area contributed by atoms with Crippen molar-refractivity contribution in [1.29, 1.82) is 0 Å². The maximum atomic E-state index is 12.3. The number of amides is 1. The van der Waals surface area contributed by atoms with Gasteiger partial charge in [-0.1, -0.05) is 19.9 Å². The SMILES string of the molecule is Cc1cc2c(cc1C)C(C)(C)C(C(=O)O)C(=O)N2C. The molecule has 0 spiro atoms. The van der Waals surface area contributed by atoms with Crippen molar-refractivity contribution in [3.8, 4) is 0 Å². The van der Waals surface area contributed by atoms with Crippen LogP contribution in [0.3, 0.4) is 0 Å². The van der Waals surface area contributed by atoms with Crippen LogP contribution in [0.2, 0.25) is 0 Å². The minimum absolute atomic E-state index is 0.353. The van der Waals surface area contributed by atoms with Gasteiger partial charge >= 0.3 is 5.97 Å². The van der Waals surface area contributed by atoms with Crippen LogP contribution in [0.15, 0.2) is 12.1 Å². The normalized spacial score (nSPS) is 21.2. The minimum atomic E-state index is -1.06. The first-order chi connectivity index (χ1) is 8.67. The molecule has 1 aliphatic heterocycles. The molecule has 1 heterocycles. The van der Waals surface area contributed by atoms with E-state index in [1.165, 1.54) is 4.90 Å². The first kappa shape index (κ1) is 13.6. The number of carbonyl (C=O) groups is 2. The van der Waals surface area contributed by atoms with Gasteiger partial charge in [0.15, 0.2) is 0 Å². The summed E-state index contributed by atoms with van der Waals surface area (Å²) >= 11 is 0. The van der Waals surface area contributed by atoms with Crippen molar-refractivity contribution in [1.82, 2.24) is 0 Å². The van der Waals surface area contributed by atoms with E-state index in [4.69, 9.17) is 0 Å². The van der Waals surface area contributed by atoms with Crippen LogP contribution >= 0.6 is 0 Å². The van der Waals surface area contributed by atoms with Crippen molar-refractivity contribution in [2.24, 2.45) is 5.92 Å². The average molecular weight is 261 g/mol. The van der Waals surface area contributed by atoms with Crippen LogP contribution in [0.25, 0.3) is 0 Å². The molecule has 4 nitrogen and oxygen atoms in total. The third-order valence-corrected chi connectivity index (χ3v) is 4.21. The Morgan fingerprint density at radius 2 is 1.79 bits per heavy atom. The quantitative estimate of drug-likeness (QED) is 0.789. The summed E-state index contributed by atoms with van der Waals surface area (Å²) in [5.74, 6) is -2.45. The van der Waals surface area contributed by atoms with E-state index in [0.29, 0.717) is 0 Å². The van der Waals surface area contributed by atoms with Crippen molar-refractivity contribution >= 4 is 17.6 Å². The molecule has 4 heteroatoms. The van der Waals surface area contributed by atoms with Gasteiger partial charge in [0.05, 0.1) is 0 Å². The maximum Gasteiger partial charge on any atom is 0.316 e. The number of anilines is 1. The molecule has 1 N–H and O–H groups in total. The molecule has 1 atom stereocenters. The molecule has 0 aliphatic carbocycles. The van der Waals surface area contributed by atoms with E-state index < -0.39 is 17.3 Å². The van der Waals surface area contributed by atoms with E-state index in [-0.39, 0.29) is 5.91 Å². The minimum Gasteiger partial charge on any atom is -0.481 e. The fourth-order valence-corrected chi connectivity index (χ4v) is 2.79. The molecule has 102 valence electrons. The second-order valence-electron chi connectivity index (χ2n) is 5.84. The van der Waals surface area contributed by atoms with Gasteiger partial charge in [-0.2, -0.15) is 0 Å². The summed E-state index contributed by atoms with van der Waals surface area (Å²) in [6.07, 6.45) is 0. The number of carboxylic acid groups (broad SMARTS) is 1. The monoisotopic (exact) mass is 261 g/mol. The molecule has 0 radical (unpaired) electrons. The Kier molecular flexibility index (Phi) is 2.92. The number of carboxylic acids is 1. The van der Waals surface area contributed by atoms with Crippen LogP contribution in [0.5, 0.6) is 0 Å². The Hall–Kier alpha value is -1.84. The summed E-state index contributed by atoms with van der Waals surface area (Å²) < 4.78 is 0. The number of hydrogen-bond donors (Lipinski definition) is 1. The molecule has 1 aliphatic rings. The van der Waals surface area contributed by atoms with Gasteiger partial charge < -0.3 is 10.0 Å². The number of fused-ring (bicyclic) bond motifs is 1. The van der Waals surface area contributed by atoms with Gasteiger partial charge in [0, 0.05) is 18.2 Å². The first-order valence-corrected chi connectivity index (χ1v) is 6.30. The number of carbonyl (C=O) groups excluding carboxylic acids is 1. The lowest BCUT2D eigenvalue weighted by molar-refractivity contribution is -0.149. The fraction of sp³-hybridized carbons (Fsp3) is 0.467. The van der Waals surface area contributed by atoms with Crippen molar-refractivity contribution < 1.29 is 14.7 Å². The molecule has 19 heavy (non-hydrogen) atoms. The van der Waals surface area contributed by atoms with Crippen molar-refractivity contribution in [2.45, 2.75) is 33.1 Å². The van der Waals surface area contributed by atoms with E-state index in [0.717, 1.165) is 22.4 Å². The van der Waals surface area contributed by atoms with Crippen molar-refractivity contribution in [3.63, 3.8) is 0 Å². The molecule has 1 amide bonds. The van der Waals surface area contributed by atoms with Crippen LogP contribution in [-0.4, -0.2) is 24.0 Å². The molecule has 1 aromatic rings. The number of aliphatic carboxylic acids is 1. The van der Waals surface area contributed by atoms with Crippen LogP contribution in [0.4, 0.5) is 5.69 Å². The standard InChI is InChI=1S/C15H19NO3/c1-8-6-10-11(7-9(8)2)16(5)13(17)12(14(18)19)15(10,3)4/h6-7,12H,1-5H3,(H,18,19). The summed E-state index contributed by atoms with van der Waals surface area (Å²) in [5, 5.41) is 9.36. The lowest BCUT2D eigenvalue weighted by Crippen LogP contribution is -2.51. The third-order valence-electron chi connectivity index (χ3n) is 4.21. The van der Waals surface area contributed by atoms with E-state index in [1.807, 2.05) is 39.8 Å². The predicted octanol–water partition coefficient (Wildman–Crippen LogP) is 2.26. The van der Waals surface area contributed by atoms with Crippen LogP contribution in [-0.2, 0) is 15.0 Å². The number of benzene rings is 1. The van der Waals surface area contributed by atoms with Gasteiger partial charge in [-0.3, -0.25) is 9.59 Å². The van der Waals surface area contributed by atoms with Gasteiger partial charge in [-0.25, -0.2) is 0 Å². The molecular formula is C15H19NO3. The maximum absolute atomic E-state index is 12.3. The fourth-order valence-electron chi connectivity index (χ4n) is 2.79. The van der Waals surface area contributed by atoms with E-state index in [2.05, 4.69) is 0 Å². The second kappa shape index (κ2) is 4.08. The summed E-state index contributed by atoms with van der Waals surface area (Å²) in [5.41, 5.74) is 3.24. The second-order valence-corrected chi connectivity index (χ2v) is 5.84. The summed E-state index contributed by atoms with van der Waals surface area (Å²) in [6.45, 7) is 7.64. The molecule has 0 saturated carbocycles. The van der Waals surface area contributed by atoms with Crippen LogP contribution < -0.4 is 4.90 Å². The smallest absolute Gasteiger partial charge is 0.316 e. The van der Waals surface area contributed by atoms with Gasteiger partial charge in [0.1, 0.15) is 5.92 Å². The molecule has 2 rings (SSSR count). The van der Waals surface area contributed by atoms with E-state index in [1.54, 1.807) is 7.05 Å². The van der Waals surface area contributed by atoms with Gasteiger partial charge in [0.25, 0.3) is 0 Å². The molecule has 0 saturated heterocycles. The summed E-state index contributed by atoms with van der Waals surface area (Å²) in [6, 6.07) is 3.96. The van der Waals surface area contributed by atoms with Crippen molar-refractivity contribution in [3.05, 3.63) is 28.8 Å². The van der Waals surface area contributed by atoms with Crippen molar-refractivity contribution in [2.75, 3.05) is 11.9 Å². The third kappa shape index (κ3) is 1.82. The summed E-state index contributed by atoms with van der Waals surface area (Å²) in [4.78, 5) is 25.2. The molecule has 0 fully saturated rings. The zero-order chi connectivity index (χ0) is 14.5. The molecule has 0 aromatic heterocycles. The summed E-state index contributed by atoms with van der Waals surface area (Å²) in [7, 11) is 1.64. The molecule has 1 aromatic carbocycles. The number of nitrogens with zero attached hydrogens (tertiary/aromatic N) is 1. The Morgan fingerprint density at radius 3 is 2.32 bits per heavy atom. The van der Waals surface area contributed by atoms with Gasteiger partial charge in [-0.05, 0) is 36.6 Å². The highest BCUT2D eigenvalue weighted by Gasteiger charge is 2.49. The van der Waals surface area contributed by atoms with Gasteiger partial charge in [0.2, 0.25) is 5.91 Å². The lowest BCUT2D eigenvalue weighted by atomic mass is 9.69. The highest BCUT2D eigenvalue weighted by molar-refractivity contribution is 6.09. The van der Waals surface area contributed by atoms with Crippen LogP contribution in [0.1, 0.15) is 30.5 Å². The van der Waals surface area contributed by atoms with E-state index in [9.17, 15) is 14.7 Å². The Morgan fingerprint density at radius 1 is 1.26 bits per heavy atom. The number of hydrogen-bond acceptors (Lipinski definition) is 2. The Bertz CT molecular complexity index is 575. The van der Waals surface area contributed by atoms with E-state index >= 15 is 0 Å². The topological polar surface area (TPSA) is 57.6 Å².